The van der Waals surface area contributed by atoms with E-state index in [2.05, 4.69) is 38.4 Å². The highest BCUT2D eigenvalue weighted by atomic mass is 16.5. The summed E-state index contributed by atoms with van der Waals surface area (Å²) in [7, 11) is 2.14. The number of carbonyl (C=O) groups is 1. The van der Waals surface area contributed by atoms with Crippen LogP contribution in [0.4, 0.5) is 11.4 Å². The second-order valence-electron chi connectivity index (χ2n) is 9.29. The maximum atomic E-state index is 13.1. The number of amides is 1. The summed E-state index contributed by atoms with van der Waals surface area (Å²) in [5, 5.41) is 7.27. The largest absolute Gasteiger partial charge is 0.368 e. The van der Waals surface area contributed by atoms with Crippen molar-refractivity contribution in [2.45, 2.75) is 6.92 Å². The molecule has 1 N–H and O–H groups in total. The number of hydrogen-bond donors (Lipinski definition) is 1. The number of nitrogens with zero attached hydrogens (tertiary/aromatic N) is 6. The fraction of sp³-hybridized carbons (Fsp3) is 0.214. The first-order valence-electron chi connectivity index (χ1n) is 12.3. The van der Waals surface area contributed by atoms with Gasteiger partial charge < -0.3 is 19.6 Å². The molecule has 1 aliphatic rings. The molecule has 186 valence electrons. The van der Waals surface area contributed by atoms with Crippen LogP contribution in [0.15, 0.2) is 77.6 Å². The van der Waals surface area contributed by atoms with E-state index in [9.17, 15) is 4.79 Å². The maximum Gasteiger partial charge on any atom is 0.274 e. The molecule has 1 aliphatic heterocycles. The quantitative estimate of drug-likeness (QED) is 0.389. The summed E-state index contributed by atoms with van der Waals surface area (Å²) in [5.41, 5.74) is 5.55. The van der Waals surface area contributed by atoms with Gasteiger partial charge >= 0.3 is 0 Å². The molecular formula is C28H27N7O2. The van der Waals surface area contributed by atoms with Crippen LogP contribution in [0.3, 0.4) is 0 Å². The lowest BCUT2D eigenvalue weighted by molar-refractivity contribution is 0.102. The zero-order chi connectivity index (χ0) is 25.4. The number of imidazole rings is 1. The van der Waals surface area contributed by atoms with Gasteiger partial charge in [0.1, 0.15) is 11.3 Å². The van der Waals surface area contributed by atoms with Crippen LogP contribution in [0.2, 0.25) is 0 Å². The lowest BCUT2D eigenvalue weighted by Gasteiger charge is -2.34. The molecule has 5 aromatic rings. The first kappa shape index (κ1) is 22.9. The fourth-order valence-electron chi connectivity index (χ4n) is 4.61. The number of carbonyl (C=O) groups excluding carboxylic acids is 1. The summed E-state index contributed by atoms with van der Waals surface area (Å²) in [6.45, 7) is 5.86. The lowest BCUT2D eigenvalue weighted by Crippen LogP contribution is -2.44. The Morgan fingerprint density at radius 3 is 2.68 bits per heavy atom. The van der Waals surface area contributed by atoms with E-state index in [1.54, 1.807) is 10.6 Å². The third-order valence-corrected chi connectivity index (χ3v) is 6.80. The molecule has 9 heteroatoms. The van der Waals surface area contributed by atoms with Crippen molar-refractivity contribution >= 4 is 22.9 Å². The van der Waals surface area contributed by atoms with E-state index in [-0.39, 0.29) is 5.91 Å². The normalized spacial score (nSPS) is 14.3. The molecule has 9 nitrogen and oxygen atoms in total. The Kier molecular flexibility index (Phi) is 5.90. The number of piperazine rings is 1. The molecule has 37 heavy (non-hydrogen) atoms. The van der Waals surface area contributed by atoms with Gasteiger partial charge in [0.2, 0.25) is 5.82 Å². The minimum Gasteiger partial charge on any atom is -0.368 e. The number of likely N-dealkylation sites (N-methyl/N-ethyl adjacent to an activating group) is 1. The molecule has 0 saturated carbocycles. The average Bonchev–Trinajstić information content (AvgIpc) is 3.58. The van der Waals surface area contributed by atoms with Crippen molar-refractivity contribution in [1.82, 2.24) is 24.4 Å². The minimum atomic E-state index is -0.242. The zero-order valence-corrected chi connectivity index (χ0v) is 20.8. The highest BCUT2D eigenvalue weighted by Crippen LogP contribution is 2.32. The molecular weight excluding hydrogens is 466 g/mol. The van der Waals surface area contributed by atoms with Crippen molar-refractivity contribution in [2.75, 3.05) is 43.4 Å². The van der Waals surface area contributed by atoms with Crippen LogP contribution in [0.25, 0.3) is 28.5 Å². The van der Waals surface area contributed by atoms with E-state index >= 15 is 0 Å². The molecule has 0 unspecified atom stereocenters. The van der Waals surface area contributed by atoms with Gasteiger partial charge in [-0.1, -0.05) is 35.5 Å². The summed E-state index contributed by atoms with van der Waals surface area (Å²) < 4.78 is 7.48. The summed E-state index contributed by atoms with van der Waals surface area (Å²) in [6.07, 6.45) is 3.40. The first-order valence-corrected chi connectivity index (χ1v) is 12.3. The topological polar surface area (TPSA) is 91.8 Å². The van der Waals surface area contributed by atoms with Gasteiger partial charge in [-0.05, 0) is 49.9 Å². The molecule has 3 aromatic heterocycles. The van der Waals surface area contributed by atoms with Crippen molar-refractivity contribution in [1.29, 1.82) is 0 Å². The van der Waals surface area contributed by atoms with Gasteiger partial charge in [-0.2, -0.15) is 4.98 Å². The van der Waals surface area contributed by atoms with Crippen LogP contribution in [0, 0.1) is 6.92 Å². The number of para-hydroxylation sites is 1. The number of pyridine rings is 1. The third-order valence-electron chi connectivity index (χ3n) is 6.80. The highest BCUT2D eigenvalue weighted by Gasteiger charge is 2.21. The standard InChI is InChI=1S/C28H27N7O2/c1-19-10-11-20(17-22(19)30-27(36)24-18-29-25-9-5-6-12-35(24)25)26-31-28(37-32-26)21-7-3-4-8-23(21)34-15-13-33(2)14-16-34/h3-12,17-18H,13-16H2,1-2H3,(H,30,36). The number of rotatable bonds is 5. The predicted molar refractivity (Wildman–Crippen MR) is 143 cm³/mol. The molecule has 0 spiro atoms. The molecule has 2 aromatic carbocycles. The van der Waals surface area contributed by atoms with Gasteiger partial charge in [0, 0.05) is 49.3 Å². The van der Waals surface area contributed by atoms with E-state index in [1.807, 2.05) is 67.7 Å². The van der Waals surface area contributed by atoms with Crippen molar-refractivity contribution in [3.63, 3.8) is 0 Å². The molecule has 0 bridgehead atoms. The van der Waals surface area contributed by atoms with Crippen LogP contribution in [0.5, 0.6) is 0 Å². The molecule has 1 saturated heterocycles. The number of anilines is 2. The van der Waals surface area contributed by atoms with Gasteiger partial charge in [0.15, 0.2) is 0 Å². The van der Waals surface area contributed by atoms with E-state index in [1.165, 1.54) is 0 Å². The van der Waals surface area contributed by atoms with E-state index in [4.69, 9.17) is 9.51 Å². The van der Waals surface area contributed by atoms with Crippen LogP contribution in [0.1, 0.15) is 16.1 Å². The van der Waals surface area contributed by atoms with Crippen molar-refractivity contribution in [3.8, 4) is 22.8 Å². The Labute approximate surface area is 214 Å². The monoisotopic (exact) mass is 493 g/mol. The van der Waals surface area contributed by atoms with Gasteiger partial charge in [-0.25, -0.2) is 4.98 Å². The van der Waals surface area contributed by atoms with Crippen LogP contribution in [-0.2, 0) is 0 Å². The van der Waals surface area contributed by atoms with E-state index < -0.39 is 0 Å². The van der Waals surface area contributed by atoms with Crippen molar-refractivity contribution in [3.05, 3.63) is 84.3 Å². The minimum absolute atomic E-state index is 0.242. The Morgan fingerprint density at radius 2 is 1.81 bits per heavy atom. The first-order chi connectivity index (χ1) is 18.1. The van der Waals surface area contributed by atoms with Crippen LogP contribution < -0.4 is 10.2 Å². The Morgan fingerprint density at radius 1 is 1.00 bits per heavy atom. The molecule has 4 heterocycles. The fourth-order valence-corrected chi connectivity index (χ4v) is 4.61. The van der Waals surface area contributed by atoms with Crippen LogP contribution in [-0.4, -0.2) is 63.6 Å². The summed E-state index contributed by atoms with van der Waals surface area (Å²) >= 11 is 0. The molecule has 0 atom stereocenters. The smallest absolute Gasteiger partial charge is 0.274 e. The number of aromatic nitrogens is 4. The van der Waals surface area contributed by atoms with Gasteiger partial charge in [-0.15, -0.1) is 0 Å². The Balaban J connectivity index is 1.27. The van der Waals surface area contributed by atoms with Gasteiger partial charge in [-0.3, -0.25) is 9.20 Å². The molecule has 1 fully saturated rings. The number of nitrogens with one attached hydrogen (secondary N) is 1. The Bertz CT molecular complexity index is 1580. The number of benzene rings is 2. The highest BCUT2D eigenvalue weighted by molar-refractivity contribution is 6.04. The summed E-state index contributed by atoms with van der Waals surface area (Å²) in [6, 6.07) is 19.5. The van der Waals surface area contributed by atoms with Crippen LogP contribution >= 0.6 is 0 Å². The lowest BCUT2D eigenvalue weighted by atomic mass is 10.1. The maximum absolute atomic E-state index is 13.1. The second kappa shape index (κ2) is 9.51. The SMILES string of the molecule is Cc1ccc(-c2noc(-c3ccccc3N3CCN(C)CC3)n2)cc1NC(=O)c1cnc2ccccn12. The summed E-state index contributed by atoms with van der Waals surface area (Å²) in [4.78, 5) is 26.8. The van der Waals surface area contributed by atoms with Gasteiger partial charge in [0.25, 0.3) is 11.8 Å². The zero-order valence-electron chi connectivity index (χ0n) is 20.8. The number of hydrogen-bond acceptors (Lipinski definition) is 7. The molecule has 0 radical (unpaired) electrons. The molecule has 1 amide bonds. The predicted octanol–water partition coefficient (Wildman–Crippen LogP) is 4.36. The van der Waals surface area contributed by atoms with Gasteiger partial charge in [0.05, 0.1) is 11.8 Å². The summed E-state index contributed by atoms with van der Waals surface area (Å²) in [5.74, 6) is 0.698. The molecule has 6 rings (SSSR count). The third kappa shape index (κ3) is 4.45. The van der Waals surface area contributed by atoms with Crippen molar-refractivity contribution in [2.24, 2.45) is 0 Å². The van der Waals surface area contributed by atoms with E-state index in [0.717, 1.165) is 48.6 Å². The number of aryl methyl sites for hydroxylation is 1. The molecule has 0 aliphatic carbocycles. The van der Waals surface area contributed by atoms with E-state index in [0.29, 0.717) is 28.7 Å². The average molecular weight is 494 g/mol. The second-order valence-corrected chi connectivity index (χ2v) is 9.29. The number of fused-ring (bicyclic) bond motifs is 1. The van der Waals surface area contributed by atoms with Crippen molar-refractivity contribution < 1.29 is 9.32 Å². The Hall–Kier alpha value is -4.50.